The molecule has 1 aromatic rings. The normalized spacial score (nSPS) is 19.5. The molecule has 0 bridgehead atoms. The minimum Gasteiger partial charge on any atom is -0.492 e. The van der Waals surface area contributed by atoms with Crippen molar-refractivity contribution in [2.24, 2.45) is 0 Å². The molecule has 0 aromatic heterocycles. The second kappa shape index (κ2) is 9.69. The van der Waals surface area contributed by atoms with Gasteiger partial charge in [-0.25, -0.2) is 8.42 Å². The van der Waals surface area contributed by atoms with Gasteiger partial charge in [-0.05, 0) is 24.3 Å². The number of ether oxygens (including phenoxy) is 2. The zero-order chi connectivity index (χ0) is 20.0. The van der Waals surface area contributed by atoms with E-state index < -0.39 is 10.0 Å². The topological polar surface area (TPSA) is 79.4 Å². The third-order valence-corrected chi connectivity index (χ3v) is 7.05. The molecule has 0 radical (unpaired) electrons. The summed E-state index contributed by atoms with van der Waals surface area (Å²) in [7, 11) is -3.47. The van der Waals surface area contributed by atoms with Crippen LogP contribution in [-0.4, -0.2) is 94.1 Å². The summed E-state index contributed by atoms with van der Waals surface area (Å²) in [5.74, 6) is 0.865. The van der Waals surface area contributed by atoms with Crippen LogP contribution in [0.5, 0.6) is 5.75 Å². The van der Waals surface area contributed by atoms with Crippen molar-refractivity contribution in [2.75, 3.05) is 65.6 Å². The molecule has 3 rings (SSSR count). The summed E-state index contributed by atoms with van der Waals surface area (Å²) in [4.78, 5) is 16.2. The van der Waals surface area contributed by atoms with E-state index >= 15 is 0 Å². The lowest BCUT2D eigenvalue weighted by Gasteiger charge is -2.34. The van der Waals surface area contributed by atoms with Crippen LogP contribution in [0, 0.1) is 0 Å². The van der Waals surface area contributed by atoms with Gasteiger partial charge in [0.25, 0.3) is 0 Å². The van der Waals surface area contributed by atoms with Gasteiger partial charge >= 0.3 is 0 Å². The van der Waals surface area contributed by atoms with E-state index in [2.05, 4.69) is 4.90 Å². The van der Waals surface area contributed by atoms with Gasteiger partial charge in [0, 0.05) is 52.2 Å². The SMILES string of the molecule is CCC(=O)N1CCN(CCOc2ccc(S(=O)(=O)N3CCOCC3)cc2)CC1. The molecule has 28 heavy (non-hydrogen) atoms. The van der Waals surface area contributed by atoms with Crippen LogP contribution in [0.3, 0.4) is 0 Å². The lowest BCUT2D eigenvalue weighted by Crippen LogP contribution is -2.49. The van der Waals surface area contributed by atoms with Crippen molar-refractivity contribution in [3.05, 3.63) is 24.3 Å². The third-order valence-electron chi connectivity index (χ3n) is 5.14. The summed E-state index contributed by atoms with van der Waals surface area (Å²) in [6.45, 7) is 8.07. The smallest absolute Gasteiger partial charge is 0.243 e. The molecule has 8 nitrogen and oxygen atoms in total. The Hall–Kier alpha value is -1.68. The second-order valence-electron chi connectivity index (χ2n) is 6.91. The second-order valence-corrected chi connectivity index (χ2v) is 8.85. The molecule has 0 unspecified atom stereocenters. The first-order valence-corrected chi connectivity index (χ1v) is 11.3. The van der Waals surface area contributed by atoms with Crippen molar-refractivity contribution in [1.29, 1.82) is 0 Å². The molecule has 0 aliphatic carbocycles. The van der Waals surface area contributed by atoms with Gasteiger partial charge < -0.3 is 14.4 Å². The predicted octanol–water partition coefficient (Wildman–Crippen LogP) is 0.641. The lowest BCUT2D eigenvalue weighted by molar-refractivity contribution is -0.132. The number of rotatable bonds is 7. The maximum atomic E-state index is 12.6. The Bertz CT molecular complexity index is 739. The van der Waals surface area contributed by atoms with Crippen molar-refractivity contribution in [3.63, 3.8) is 0 Å². The number of sulfonamides is 1. The van der Waals surface area contributed by atoms with Crippen LogP contribution in [-0.2, 0) is 19.6 Å². The zero-order valence-electron chi connectivity index (χ0n) is 16.4. The quantitative estimate of drug-likeness (QED) is 0.655. The fourth-order valence-corrected chi connectivity index (χ4v) is 4.79. The van der Waals surface area contributed by atoms with Crippen molar-refractivity contribution in [2.45, 2.75) is 18.2 Å². The molecule has 2 heterocycles. The molecule has 2 aliphatic heterocycles. The number of amides is 1. The highest BCUT2D eigenvalue weighted by atomic mass is 32.2. The van der Waals surface area contributed by atoms with Crippen LogP contribution in [0.4, 0.5) is 0 Å². The maximum absolute atomic E-state index is 12.6. The Morgan fingerprint density at radius 2 is 1.68 bits per heavy atom. The average molecular weight is 412 g/mol. The fraction of sp³-hybridized carbons (Fsp3) is 0.632. The predicted molar refractivity (Wildman–Crippen MR) is 105 cm³/mol. The minimum absolute atomic E-state index is 0.211. The Morgan fingerprint density at radius 3 is 2.29 bits per heavy atom. The molecule has 0 spiro atoms. The molecular formula is C19H29N3O5S. The number of morpholine rings is 1. The number of nitrogens with zero attached hydrogens (tertiary/aromatic N) is 3. The molecule has 2 saturated heterocycles. The zero-order valence-corrected chi connectivity index (χ0v) is 17.2. The third kappa shape index (κ3) is 5.22. The van der Waals surface area contributed by atoms with Crippen LogP contribution in [0.1, 0.15) is 13.3 Å². The summed E-state index contributed by atoms with van der Waals surface area (Å²) in [5.41, 5.74) is 0. The van der Waals surface area contributed by atoms with Gasteiger partial charge in [0.2, 0.25) is 15.9 Å². The summed E-state index contributed by atoms with van der Waals surface area (Å²) in [6.07, 6.45) is 0.556. The van der Waals surface area contributed by atoms with E-state index in [4.69, 9.17) is 9.47 Å². The van der Waals surface area contributed by atoms with E-state index in [9.17, 15) is 13.2 Å². The van der Waals surface area contributed by atoms with Gasteiger partial charge in [-0.15, -0.1) is 0 Å². The van der Waals surface area contributed by atoms with Crippen LogP contribution >= 0.6 is 0 Å². The monoisotopic (exact) mass is 411 g/mol. The Morgan fingerprint density at radius 1 is 1.04 bits per heavy atom. The van der Waals surface area contributed by atoms with Crippen LogP contribution in [0.15, 0.2) is 29.2 Å². The van der Waals surface area contributed by atoms with Crippen molar-refractivity contribution in [1.82, 2.24) is 14.1 Å². The van der Waals surface area contributed by atoms with Crippen molar-refractivity contribution >= 4 is 15.9 Å². The molecule has 0 atom stereocenters. The van der Waals surface area contributed by atoms with Gasteiger partial charge in [0.05, 0.1) is 18.1 Å². The number of carbonyl (C=O) groups excluding carboxylic acids is 1. The molecule has 1 aromatic carbocycles. The van der Waals surface area contributed by atoms with Gasteiger partial charge in [0.1, 0.15) is 12.4 Å². The van der Waals surface area contributed by atoms with E-state index in [1.165, 1.54) is 4.31 Å². The summed E-state index contributed by atoms with van der Waals surface area (Å²) >= 11 is 0. The Balaban J connectivity index is 1.44. The highest BCUT2D eigenvalue weighted by molar-refractivity contribution is 7.89. The molecule has 9 heteroatoms. The molecule has 2 fully saturated rings. The summed E-state index contributed by atoms with van der Waals surface area (Å²) < 4.78 is 37.7. The van der Waals surface area contributed by atoms with Crippen LogP contribution in [0.25, 0.3) is 0 Å². The molecule has 0 saturated carbocycles. The minimum atomic E-state index is -3.47. The van der Waals surface area contributed by atoms with Gasteiger partial charge in [-0.3, -0.25) is 9.69 Å². The number of carbonyl (C=O) groups is 1. The van der Waals surface area contributed by atoms with Crippen LogP contribution < -0.4 is 4.74 Å². The van der Waals surface area contributed by atoms with Gasteiger partial charge in [-0.1, -0.05) is 6.92 Å². The standard InChI is InChI=1S/C19H29N3O5S/c1-2-19(23)21-9-7-20(8-10-21)11-16-27-17-3-5-18(6-4-17)28(24,25)22-12-14-26-15-13-22/h3-6H,2,7-16H2,1H3. The van der Waals surface area contributed by atoms with Crippen molar-refractivity contribution in [3.8, 4) is 5.75 Å². The van der Waals surface area contributed by atoms with Gasteiger partial charge in [0.15, 0.2) is 0 Å². The summed E-state index contributed by atoms with van der Waals surface area (Å²) in [6, 6.07) is 6.58. The largest absolute Gasteiger partial charge is 0.492 e. The number of piperazine rings is 1. The number of benzene rings is 1. The summed E-state index contributed by atoms with van der Waals surface area (Å²) in [5, 5.41) is 0. The van der Waals surface area contributed by atoms with E-state index in [1.54, 1.807) is 24.3 Å². The first kappa shape index (κ1) is 21.0. The highest BCUT2D eigenvalue weighted by Gasteiger charge is 2.26. The number of hydrogen-bond acceptors (Lipinski definition) is 6. The molecule has 156 valence electrons. The van der Waals surface area contributed by atoms with Crippen LogP contribution in [0.2, 0.25) is 0 Å². The van der Waals surface area contributed by atoms with Crippen molar-refractivity contribution < 1.29 is 22.7 Å². The Labute approximate surface area is 167 Å². The maximum Gasteiger partial charge on any atom is 0.243 e. The Kier molecular flexibility index (Phi) is 7.28. The fourth-order valence-electron chi connectivity index (χ4n) is 3.38. The number of hydrogen-bond donors (Lipinski definition) is 0. The first-order valence-electron chi connectivity index (χ1n) is 9.81. The van der Waals surface area contributed by atoms with E-state index in [0.29, 0.717) is 45.1 Å². The molecular weight excluding hydrogens is 382 g/mol. The highest BCUT2D eigenvalue weighted by Crippen LogP contribution is 2.20. The molecule has 0 N–H and O–H groups in total. The lowest BCUT2D eigenvalue weighted by atomic mass is 10.3. The van der Waals surface area contributed by atoms with E-state index in [0.717, 1.165) is 32.7 Å². The van der Waals surface area contributed by atoms with E-state index in [1.807, 2.05) is 11.8 Å². The molecule has 2 aliphatic rings. The first-order chi connectivity index (χ1) is 13.5. The van der Waals surface area contributed by atoms with Gasteiger partial charge in [-0.2, -0.15) is 4.31 Å². The average Bonchev–Trinajstić information content (AvgIpc) is 2.74. The van der Waals surface area contributed by atoms with E-state index in [-0.39, 0.29) is 10.8 Å². The molecule has 1 amide bonds.